The van der Waals surface area contributed by atoms with Gasteiger partial charge < -0.3 is 10.2 Å². The van der Waals surface area contributed by atoms with E-state index >= 15 is 0 Å². The van der Waals surface area contributed by atoms with Crippen LogP contribution >= 0.6 is 0 Å². The molecule has 0 heterocycles. The van der Waals surface area contributed by atoms with Crippen molar-refractivity contribution in [2.45, 2.75) is 109 Å². The highest BCUT2D eigenvalue weighted by atomic mass is 16.4. The first-order chi connectivity index (χ1) is 11.2. The van der Waals surface area contributed by atoms with E-state index in [2.05, 4.69) is 6.08 Å². The van der Waals surface area contributed by atoms with Crippen molar-refractivity contribution in [3.63, 3.8) is 0 Å². The molecule has 0 aromatic rings. The van der Waals surface area contributed by atoms with E-state index in [-0.39, 0.29) is 6.10 Å². The molecule has 0 aliphatic heterocycles. The van der Waals surface area contributed by atoms with Crippen molar-refractivity contribution in [2.24, 2.45) is 0 Å². The second-order valence-corrected chi connectivity index (χ2v) is 6.62. The predicted octanol–water partition coefficient (Wildman–Crippen LogP) is 5.86. The van der Waals surface area contributed by atoms with Gasteiger partial charge in [-0.15, -0.1) is 0 Å². The van der Waals surface area contributed by atoms with E-state index in [0.29, 0.717) is 6.42 Å². The van der Waals surface area contributed by atoms with Gasteiger partial charge in [0.05, 0.1) is 6.10 Å². The molecule has 3 heteroatoms. The summed E-state index contributed by atoms with van der Waals surface area (Å²) in [6.45, 7) is 2.02. The Morgan fingerprint density at radius 1 is 0.826 bits per heavy atom. The Labute approximate surface area is 143 Å². The minimum atomic E-state index is -0.671. The van der Waals surface area contributed by atoms with E-state index in [4.69, 9.17) is 5.11 Å². The Morgan fingerprint density at radius 3 is 1.78 bits per heavy atom. The molecule has 0 aliphatic rings. The molecule has 0 fully saturated rings. The maximum absolute atomic E-state index is 10.4. The van der Waals surface area contributed by atoms with E-state index in [0.717, 1.165) is 38.5 Å². The van der Waals surface area contributed by atoms with Gasteiger partial charge in [-0.25, -0.2) is 0 Å². The SMILES string of the molecule is C/C=C/CCC(O)CCCCCCCCCCCCCC(=O)O. The third-order valence-corrected chi connectivity index (χ3v) is 4.33. The zero-order valence-electron chi connectivity index (χ0n) is 15.1. The van der Waals surface area contributed by atoms with Gasteiger partial charge in [0, 0.05) is 6.42 Å². The van der Waals surface area contributed by atoms with Gasteiger partial charge in [0.1, 0.15) is 0 Å². The predicted molar refractivity (Wildman–Crippen MR) is 97.7 cm³/mol. The fourth-order valence-electron chi connectivity index (χ4n) is 2.85. The molecular weight excluding hydrogens is 288 g/mol. The first-order valence-electron chi connectivity index (χ1n) is 9.67. The molecule has 1 atom stereocenters. The van der Waals surface area contributed by atoms with Gasteiger partial charge >= 0.3 is 5.97 Å². The second kappa shape index (κ2) is 17.5. The zero-order valence-corrected chi connectivity index (χ0v) is 15.1. The Kier molecular flexibility index (Phi) is 16.9. The van der Waals surface area contributed by atoms with Crippen LogP contribution in [0.2, 0.25) is 0 Å². The summed E-state index contributed by atoms with van der Waals surface area (Å²) < 4.78 is 0. The molecule has 1 unspecified atom stereocenters. The number of allylic oxidation sites excluding steroid dienone is 2. The first kappa shape index (κ1) is 22.2. The van der Waals surface area contributed by atoms with Crippen molar-refractivity contribution in [1.29, 1.82) is 0 Å². The smallest absolute Gasteiger partial charge is 0.303 e. The number of aliphatic hydroxyl groups is 1. The Bertz CT molecular complexity index is 287. The lowest BCUT2D eigenvalue weighted by molar-refractivity contribution is -0.137. The maximum atomic E-state index is 10.4. The molecule has 0 radical (unpaired) electrons. The van der Waals surface area contributed by atoms with Crippen LogP contribution in [0, 0.1) is 0 Å². The quantitative estimate of drug-likeness (QED) is 0.260. The molecule has 0 rings (SSSR count). The highest BCUT2D eigenvalue weighted by Gasteiger charge is 2.02. The van der Waals surface area contributed by atoms with Crippen LogP contribution in [0.3, 0.4) is 0 Å². The molecule has 0 spiro atoms. The van der Waals surface area contributed by atoms with Gasteiger partial charge in [-0.1, -0.05) is 76.4 Å². The van der Waals surface area contributed by atoms with Crippen LogP contribution in [0.4, 0.5) is 0 Å². The van der Waals surface area contributed by atoms with Gasteiger partial charge in [-0.05, 0) is 32.6 Å². The number of carbonyl (C=O) groups is 1. The molecule has 0 bridgehead atoms. The van der Waals surface area contributed by atoms with Crippen LogP contribution in [0.15, 0.2) is 12.2 Å². The largest absolute Gasteiger partial charge is 0.481 e. The van der Waals surface area contributed by atoms with E-state index in [1.165, 1.54) is 51.4 Å². The minimum absolute atomic E-state index is 0.118. The van der Waals surface area contributed by atoms with Crippen LogP contribution in [-0.4, -0.2) is 22.3 Å². The molecule has 136 valence electrons. The summed E-state index contributed by atoms with van der Waals surface area (Å²) >= 11 is 0. The summed E-state index contributed by atoms with van der Waals surface area (Å²) in [5, 5.41) is 18.3. The minimum Gasteiger partial charge on any atom is -0.481 e. The van der Waals surface area contributed by atoms with E-state index in [1.54, 1.807) is 0 Å². The van der Waals surface area contributed by atoms with Crippen molar-refractivity contribution >= 4 is 5.97 Å². The zero-order chi connectivity index (χ0) is 17.2. The van der Waals surface area contributed by atoms with Crippen LogP contribution in [0.1, 0.15) is 103 Å². The molecule has 23 heavy (non-hydrogen) atoms. The van der Waals surface area contributed by atoms with Gasteiger partial charge in [0.15, 0.2) is 0 Å². The second-order valence-electron chi connectivity index (χ2n) is 6.62. The molecule has 0 saturated heterocycles. The monoisotopic (exact) mass is 326 g/mol. The summed E-state index contributed by atoms with van der Waals surface area (Å²) in [5.41, 5.74) is 0. The number of unbranched alkanes of at least 4 members (excludes halogenated alkanes) is 10. The third-order valence-electron chi connectivity index (χ3n) is 4.33. The highest BCUT2D eigenvalue weighted by molar-refractivity contribution is 5.66. The standard InChI is InChI=1S/C20H38O3/c1-2-3-13-16-19(21)17-14-11-9-7-5-4-6-8-10-12-15-18-20(22)23/h2-3,19,21H,4-18H2,1H3,(H,22,23)/b3-2+. The topological polar surface area (TPSA) is 57.5 Å². The average Bonchev–Trinajstić information content (AvgIpc) is 2.51. The summed E-state index contributed by atoms with van der Waals surface area (Å²) in [6.07, 6.45) is 20.5. The van der Waals surface area contributed by atoms with E-state index in [1.807, 2.05) is 13.0 Å². The maximum Gasteiger partial charge on any atom is 0.303 e. The van der Waals surface area contributed by atoms with Gasteiger partial charge in [0.2, 0.25) is 0 Å². The number of aliphatic hydroxyl groups excluding tert-OH is 1. The van der Waals surface area contributed by atoms with Crippen molar-refractivity contribution in [1.82, 2.24) is 0 Å². The fourth-order valence-corrected chi connectivity index (χ4v) is 2.85. The molecule has 0 aromatic heterocycles. The lowest BCUT2D eigenvalue weighted by Gasteiger charge is -2.08. The molecule has 0 aromatic carbocycles. The summed E-state index contributed by atoms with van der Waals surface area (Å²) in [5.74, 6) is -0.671. The van der Waals surface area contributed by atoms with Crippen molar-refractivity contribution in [3.8, 4) is 0 Å². The number of hydrogen-bond acceptors (Lipinski definition) is 2. The summed E-state index contributed by atoms with van der Waals surface area (Å²) in [4.78, 5) is 10.4. The number of carboxylic acid groups (broad SMARTS) is 1. The van der Waals surface area contributed by atoms with E-state index in [9.17, 15) is 9.90 Å². The van der Waals surface area contributed by atoms with Crippen LogP contribution in [0.25, 0.3) is 0 Å². The lowest BCUT2D eigenvalue weighted by Crippen LogP contribution is -2.05. The van der Waals surface area contributed by atoms with Crippen molar-refractivity contribution < 1.29 is 15.0 Å². The number of aliphatic carboxylic acids is 1. The highest BCUT2D eigenvalue weighted by Crippen LogP contribution is 2.14. The summed E-state index contributed by atoms with van der Waals surface area (Å²) in [6, 6.07) is 0. The third kappa shape index (κ3) is 19.1. The number of hydrogen-bond donors (Lipinski definition) is 2. The van der Waals surface area contributed by atoms with E-state index < -0.39 is 5.97 Å². The molecule has 2 N–H and O–H groups in total. The lowest BCUT2D eigenvalue weighted by atomic mass is 10.0. The first-order valence-corrected chi connectivity index (χ1v) is 9.67. The Morgan fingerprint density at radius 2 is 1.30 bits per heavy atom. The number of rotatable bonds is 17. The normalized spacial score (nSPS) is 12.8. The Hall–Kier alpha value is -0.830. The van der Waals surface area contributed by atoms with Crippen molar-refractivity contribution in [2.75, 3.05) is 0 Å². The molecule has 0 saturated carbocycles. The average molecular weight is 327 g/mol. The Balaban J connectivity index is 3.11. The van der Waals surface area contributed by atoms with Crippen LogP contribution in [0.5, 0.6) is 0 Å². The van der Waals surface area contributed by atoms with Crippen LogP contribution < -0.4 is 0 Å². The van der Waals surface area contributed by atoms with Crippen molar-refractivity contribution in [3.05, 3.63) is 12.2 Å². The van der Waals surface area contributed by atoms with Crippen LogP contribution in [-0.2, 0) is 4.79 Å². The summed E-state index contributed by atoms with van der Waals surface area (Å²) in [7, 11) is 0. The molecule has 3 nitrogen and oxygen atoms in total. The molecular formula is C20H38O3. The molecule has 0 aliphatic carbocycles. The number of carboxylic acids is 1. The molecule has 0 amide bonds. The van der Waals surface area contributed by atoms with Gasteiger partial charge in [-0.3, -0.25) is 4.79 Å². The van der Waals surface area contributed by atoms with Gasteiger partial charge in [0.25, 0.3) is 0 Å². The fraction of sp³-hybridized carbons (Fsp3) is 0.850. The van der Waals surface area contributed by atoms with Gasteiger partial charge in [-0.2, -0.15) is 0 Å².